The summed E-state index contributed by atoms with van der Waals surface area (Å²) in [6.07, 6.45) is 1.98. The fourth-order valence-electron chi connectivity index (χ4n) is 1.55. The van der Waals surface area contributed by atoms with E-state index in [4.69, 9.17) is 0 Å². The van der Waals surface area contributed by atoms with Crippen LogP contribution in [0.15, 0.2) is 28.9 Å². The zero-order chi connectivity index (χ0) is 10.3. The van der Waals surface area contributed by atoms with Crippen LogP contribution in [0.2, 0.25) is 0 Å². The average molecular weight is 252 g/mol. The molecule has 74 valence electrons. The van der Waals surface area contributed by atoms with Gasteiger partial charge in [0, 0.05) is 21.6 Å². The van der Waals surface area contributed by atoms with Gasteiger partial charge in [0.2, 0.25) is 0 Å². The van der Waals surface area contributed by atoms with Gasteiger partial charge in [-0.15, -0.1) is 0 Å². The molecule has 2 heteroatoms. The first-order valence-electron chi connectivity index (χ1n) is 4.75. The Kier molecular flexibility index (Phi) is 2.18. The highest BCUT2D eigenvalue weighted by molar-refractivity contribution is 9.10. The maximum atomic E-state index is 3.54. The summed E-state index contributed by atoms with van der Waals surface area (Å²) in [4.78, 5) is 3.22. The van der Waals surface area contributed by atoms with E-state index in [9.17, 15) is 0 Å². The molecule has 0 saturated carbocycles. The van der Waals surface area contributed by atoms with Gasteiger partial charge < -0.3 is 4.98 Å². The third kappa shape index (κ3) is 1.59. The van der Waals surface area contributed by atoms with Crippen LogP contribution in [0.1, 0.15) is 26.3 Å². The normalized spacial score (nSPS) is 12.3. The molecule has 0 fully saturated rings. The van der Waals surface area contributed by atoms with Crippen molar-refractivity contribution in [2.45, 2.75) is 26.2 Å². The van der Waals surface area contributed by atoms with Crippen molar-refractivity contribution in [3.63, 3.8) is 0 Å². The summed E-state index contributed by atoms with van der Waals surface area (Å²) in [5.41, 5.74) is 2.76. The van der Waals surface area contributed by atoms with Crippen LogP contribution in [0.25, 0.3) is 10.9 Å². The molecular formula is C12H14BrN. The van der Waals surface area contributed by atoms with Crippen molar-refractivity contribution < 1.29 is 0 Å². The molecule has 0 saturated heterocycles. The standard InChI is InChI=1S/C12H14BrN/c1-12(2,3)8-4-5-11-9(6-8)10(13)7-14-11/h4-7,14H,1-3H3. The Bertz CT molecular complexity index is 463. The van der Waals surface area contributed by atoms with Crippen molar-refractivity contribution >= 4 is 26.8 Å². The van der Waals surface area contributed by atoms with Gasteiger partial charge in [-0.2, -0.15) is 0 Å². The quantitative estimate of drug-likeness (QED) is 0.722. The summed E-state index contributed by atoms with van der Waals surface area (Å²) >= 11 is 3.54. The van der Waals surface area contributed by atoms with Crippen LogP contribution in [0, 0.1) is 0 Å². The van der Waals surface area contributed by atoms with Crippen LogP contribution in [0.5, 0.6) is 0 Å². The summed E-state index contributed by atoms with van der Waals surface area (Å²) in [6.45, 7) is 6.69. The Balaban J connectivity index is 2.66. The largest absolute Gasteiger partial charge is 0.360 e. The third-order valence-corrected chi connectivity index (χ3v) is 3.15. The fraction of sp³-hybridized carbons (Fsp3) is 0.333. The second kappa shape index (κ2) is 3.13. The number of halogens is 1. The molecule has 2 aromatic rings. The third-order valence-electron chi connectivity index (χ3n) is 2.50. The zero-order valence-electron chi connectivity index (χ0n) is 8.69. The minimum absolute atomic E-state index is 0.213. The molecule has 0 aliphatic rings. The van der Waals surface area contributed by atoms with Crippen molar-refractivity contribution in [1.82, 2.24) is 4.98 Å². The van der Waals surface area contributed by atoms with Crippen LogP contribution in [0.4, 0.5) is 0 Å². The Morgan fingerprint density at radius 2 is 1.93 bits per heavy atom. The SMILES string of the molecule is CC(C)(C)c1ccc2[nH]cc(Br)c2c1. The number of H-pyrrole nitrogens is 1. The first kappa shape index (κ1) is 9.78. The number of hydrogen-bond acceptors (Lipinski definition) is 0. The highest BCUT2D eigenvalue weighted by atomic mass is 79.9. The van der Waals surface area contributed by atoms with Gasteiger partial charge in [0.05, 0.1) is 0 Å². The zero-order valence-corrected chi connectivity index (χ0v) is 10.3. The number of hydrogen-bond donors (Lipinski definition) is 1. The summed E-state index contributed by atoms with van der Waals surface area (Å²) in [6, 6.07) is 6.57. The molecule has 1 aromatic carbocycles. The minimum atomic E-state index is 0.213. The lowest BCUT2D eigenvalue weighted by atomic mass is 9.86. The van der Waals surface area contributed by atoms with Crippen molar-refractivity contribution in [3.05, 3.63) is 34.4 Å². The second-order valence-corrected chi connectivity index (χ2v) is 5.50. The van der Waals surface area contributed by atoms with Crippen molar-refractivity contribution in [2.24, 2.45) is 0 Å². The highest BCUT2D eigenvalue weighted by Gasteiger charge is 2.14. The number of nitrogens with one attached hydrogen (secondary N) is 1. The lowest BCUT2D eigenvalue weighted by molar-refractivity contribution is 0.591. The molecule has 0 amide bonds. The van der Waals surface area contributed by atoms with Crippen molar-refractivity contribution in [1.29, 1.82) is 0 Å². The molecule has 0 aliphatic carbocycles. The summed E-state index contributed by atoms with van der Waals surface area (Å²) in [5.74, 6) is 0. The molecule has 0 radical (unpaired) electrons. The molecule has 0 atom stereocenters. The molecule has 1 N–H and O–H groups in total. The van der Waals surface area contributed by atoms with E-state index in [1.165, 1.54) is 16.5 Å². The lowest BCUT2D eigenvalue weighted by Gasteiger charge is -2.18. The molecule has 1 nitrogen and oxygen atoms in total. The number of fused-ring (bicyclic) bond motifs is 1. The number of aromatic nitrogens is 1. The molecule has 2 rings (SSSR count). The first-order valence-corrected chi connectivity index (χ1v) is 5.55. The summed E-state index contributed by atoms with van der Waals surface area (Å²) < 4.78 is 1.14. The highest BCUT2D eigenvalue weighted by Crippen LogP contribution is 2.29. The number of benzene rings is 1. The fourth-order valence-corrected chi connectivity index (χ4v) is 2.00. The lowest BCUT2D eigenvalue weighted by Crippen LogP contribution is -2.10. The van der Waals surface area contributed by atoms with E-state index >= 15 is 0 Å². The van der Waals surface area contributed by atoms with Gasteiger partial charge in [-0.3, -0.25) is 0 Å². The molecule has 0 bridgehead atoms. The molecule has 0 aliphatic heterocycles. The molecule has 14 heavy (non-hydrogen) atoms. The van der Waals surface area contributed by atoms with Crippen molar-refractivity contribution in [3.8, 4) is 0 Å². The van der Waals surface area contributed by atoms with E-state index in [1.54, 1.807) is 0 Å². The van der Waals surface area contributed by atoms with E-state index < -0.39 is 0 Å². The smallest absolute Gasteiger partial charge is 0.0465 e. The van der Waals surface area contributed by atoms with E-state index in [0.717, 1.165) is 4.47 Å². The van der Waals surface area contributed by atoms with Crippen LogP contribution in [-0.2, 0) is 5.41 Å². The van der Waals surface area contributed by atoms with Gasteiger partial charge >= 0.3 is 0 Å². The minimum Gasteiger partial charge on any atom is -0.360 e. The van der Waals surface area contributed by atoms with E-state index in [0.29, 0.717) is 0 Å². The van der Waals surface area contributed by atoms with Gasteiger partial charge in [0.25, 0.3) is 0 Å². The maximum absolute atomic E-state index is 3.54. The van der Waals surface area contributed by atoms with E-state index in [1.807, 2.05) is 6.20 Å². The topological polar surface area (TPSA) is 15.8 Å². The average Bonchev–Trinajstić information content (AvgIpc) is 2.46. The van der Waals surface area contributed by atoms with Crippen LogP contribution < -0.4 is 0 Å². The Morgan fingerprint density at radius 3 is 2.57 bits per heavy atom. The second-order valence-electron chi connectivity index (χ2n) is 4.65. The van der Waals surface area contributed by atoms with Gasteiger partial charge in [-0.25, -0.2) is 0 Å². The Morgan fingerprint density at radius 1 is 1.21 bits per heavy atom. The Labute approximate surface area is 92.6 Å². The monoisotopic (exact) mass is 251 g/mol. The molecule has 0 unspecified atom stereocenters. The Hall–Kier alpha value is -0.760. The molecule has 1 aromatic heterocycles. The summed E-state index contributed by atoms with van der Waals surface area (Å²) in [5, 5.41) is 1.26. The van der Waals surface area contributed by atoms with E-state index in [2.05, 4.69) is 59.9 Å². The van der Waals surface area contributed by atoms with Gasteiger partial charge in [-0.05, 0) is 39.0 Å². The summed E-state index contributed by atoms with van der Waals surface area (Å²) in [7, 11) is 0. The van der Waals surface area contributed by atoms with Gasteiger partial charge in [0.1, 0.15) is 0 Å². The predicted molar refractivity (Wildman–Crippen MR) is 64.7 cm³/mol. The van der Waals surface area contributed by atoms with Gasteiger partial charge in [-0.1, -0.05) is 26.8 Å². The number of aromatic amines is 1. The maximum Gasteiger partial charge on any atom is 0.0465 e. The van der Waals surface area contributed by atoms with Crippen LogP contribution in [-0.4, -0.2) is 4.98 Å². The van der Waals surface area contributed by atoms with Crippen LogP contribution >= 0.6 is 15.9 Å². The predicted octanol–water partition coefficient (Wildman–Crippen LogP) is 4.23. The van der Waals surface area contributed by atoms with Gasteiger partial charge in [0.15, 0.2) is 0 Å². The first-order chi connectivity index (χ1) is 6.48. The van der Waals surface area contributed by atoms with Crippen LogP contribution in [0.3, 0.4) is 0 Å². The molecular weight excluding hydrogens is 238 g/mol. The number of rotatable bonds is 0. The van der Waals surface area contributed by atoms with Crippen molar-refractivity contribution in [2.75, 3.05) is 0 Å². The molecule has 1 heterocycles. The molecule has 0 spiro atoms. The van der Waals surface area contributed by atoms with E-state index in [-0.39, 0.29) is 5.41 Å².